The number of alkyl halides is 1. The monoisotopic (exact) mass is 316 g/mol. The summed E-state index contributed by atoms with van der Waals surface area (Å²) in [6.07, 6.45) is 1.21. The van der Waals surface area contributed by atoms with Gasteiger partial charge in [-0.15, -0.1) is 0 Å². The van der Waals surface area contributed by atoms with E-state index in [1.54, 1.807) is 0 Å². The van der Waals surface area contributed by atoms with E-state index in [0.717, 1.165) is 30.0 Å². The minimum atomic E-state index is 0.814. The first-order chi connectivity index (χ1) is 8.22. The Balaban J connectivity index is 2.23. The molecule has 2 nitrogen and oxygen atoms in total. The highest BCUT2D eigenvalue weighted by molar-refractivity contribution is 9.08. The third-order valence-corrected chi connectivity index (χ3v) is 4.20. The van der Waals surface area contributed by atoms with Crippen LogP contribution in [0.15, 0.2) is 18.2 Å². The molecule has 0 unspecified atom stereocenters. The standard InChI is InChI=1S/C13H18BrClN2/c1-16-6-3-7-17(9-8-16)13-5-2-4-12(15)11(13)10-14/h2,4-5H,3,6-10H2,1H3. The lowest BCUT2D eigenvalue weighted by molar-refractivity contribution is 0.360. The number of hydrogen-bond acceptors (Lipinski definition) is 2. The van der Waals surface area contributed by atoms with Crippen molar-refractivity contribution in [1.29, 1.82) is 0 Å². The molecule has 1 aromatic carbocycles. The van der Waals surface area contributed by atoms with Gasteiger partial charge >= 0.3 is 0 Å². The number of benzene rings is 1. The van der Waals surface area contributed by atoms with Crippen LogP contribution in [0.4, 0.5) is 5.69 Å². The molecule has 0 bridgehead atoms. The van der Waals surface area contributed by atoms with Gasteiger partial charge in [0.05, 0.1) is 0 Å². The Kier molecular flexibility index (Phi) is 4.71. The van der Waals surface area contributed by atoms with Crippen LogP contribution < -0.4 is 4.90 Å². The molecular weight excluding hydrogens is 300 g/mol. The van der Waals surface area contributed by atoms with Crippen molar-refractivity contribution in [2.75, 3.05) is 38.1 Å². The summed E-state index contributed by atoms with van der Waals surface area (Å²) in [5.41, 5.74) is 2.49. The zero-order chi connectivity index (χ0) is 12.3. The SMILES string of the molecule is CN1CCCN(c2cccc(Cl)c2CBr)CC1. The molecule has 0 spiro atoms. The van der Waals surface area contributed by atoms with Crippen LogP contribution in [0.1, 0.15) is 12.0 Å². The number of rotatable bonds is 2. The maximum Gasteiger partial charge on any atom is 0.0467 e. The Bertz CT molecular complexity index is 384. The summed E-state index contributed by atoms with van der Waals surface area (Å²) < 4.78 is 0. The Hall–Kier alpha value is -0.250. The van der Waals surface area contributed by atoms with E-state index in [0.29, 0.717) is 0 Å². The molecule has 17 heavy (non-hydrogen) atoms. The fraction of sp³-hybridized carbons (Fsp3) is 0.538. The van der Waals surface area contributed by atoms with E-state index in [1.807, 2.05) is 12.1 Å². The predicted molar refractivity (Wildman–Crippen MR) is 78.4 cm³/mol. The average Bonchev–Trinajstić information content (AvgIpc) is 2.54. The van der Waals surface area contributed by atoms with Crippen molar-refractivity contribution in [3.05, 3.63) is 28.8 Å². The van der Waals surface area contributed by atoms with E-state index in [-0.39, 0.29) is 0 Å². The smallest absolute Gasteiger partial charge is 0.0467 e. The second kappa shape index (κ2) is 6.07. The molecule has 0 aromatic heterocycles. The van der Waals surface area contributed by atoms with Gasteiger partial charge in [0.1, 0.15) is 0 Å². The summed E-state index contributed by atoms with van der Waals surface area (Å²) in [7, 11) is 2.19. The zero-order valence-electron chi connectivity index (χ0n) is 10.1. The van der Waals surface area contributed by atoms with Crippen LogP contribution in [-0.2, 0) is 5.33 Å². The lowest BCUT2D eigenvalue weighted by Crippen LogP contribution is -2.29. The molecular formula is C13H18BrClN2. The van der Waals surface area contributed by atoms with Crippen LogP contribution >= 0.6 is 27.5 Å². The number of hydrogen-bond donors (Lipinski definition) is 0. The van der Waals surface area contributed by atoms with Gasteiger partial charge in [-0.2, -0.15) is 0 Å². The molecule has 94 valence electrons. The first-order valence-electron chi connectivity index (χ1n) is 5.99. The Morgan fingerprint density at radius 2 is 2.06 bits per heavy atom. The van der Waals surface area contributed by atoms with Crippen molar-refractivity contribution in [1.82, 2.24) is 4.90 Å². The molecule has 0 amide bonds. The highest BCUT2D eigenvalue weighted by atomic mass is 79.9. The Morgan fingerprint density at radius 1 is 1.24 bits per heavy atom. The molecule has 1 aliphatic heterocycles. The van der Waals surface area contributed by atoms with Gasteiger partial charge in [-0.05, 0) is 32.1 Å². The van der Waals surface area contributed by atoms with E-state index in [9.17, 15) is 0 Å². The molecule has 0 radical (unpaired) electrons. The molecule has 1 aromatic rings. The van der Waals surface area contributed by atoms with E-state index in [2.05, 4.69) is 38.8 Å². The van der Waals surface area contributed by atoms with Crippen LogP contribution in [0.3, 0.4) is 0 Å². The number of nitrogens with zero attached hydrogens (tertiary/aromatic N) is 2. The lowest BCUT2D eigenvalue weighted by atomic mass is 10.1. The Morgan fingerprint density at radius 3 is 2.82 bits per heavy atom. The van der Waals surface area contributed by atoms with Crippen molar-refractivity contribution < 1.29 is 0 Å². The summed E-state index contributed by atoms with van der Waals surface area (Å²) in [4.78, 5) is 4.84. The fourth-order valence-electron chi connectivity index (χ4n) is 2.26. The molecule has 1 fully saturated rings. The maximum atomic E-state index is 6.25. The first kappa shape index (κ1) is 13.2. The Labute approximate surface area is 117 Å². The van der Waals surface area contributed by atoms with Gasteiger partial charge < -0.3 is 9.80 Å². The lowest BCUT2D eigenvalue weighted by Gasteiger charge is -2.25. The average molecular weight is 318 g/mol. The van der Waals surface area contributed by atoms with Gasteiger partial charge in [0.2, 0.25) is 0 Å². The maximum absolute atomic E-state index is 6.25. The predicted octanol–water partition coefficient (Wildman–Crippen LogP) is 3.38. The summed E-state index contributed by atoms with van der Waals surface area (Å²) in [5, 5.41) is 1.67. The highest BCUT2D eigenvalue weighted by Crippen LogP contribution is 2.30. The van der Waals surface area contributed by atoms with Gasteiger partial charge in [-0.25, -0.2) is 0 Å². The van der Waals surface area contributed by atoms with E-state index in [4.69, 9.17) is 11.6 Å². The van der Waals surface area contributed by atoms with Crippen LogP contribution in [0, 0.1) is 0 Å². The van der Waals surface area contributed by atoms with Crippen LogP contribution in [0.5, 0.6) is 0 Å². The minimum Gasteiger partial charge on any atom is -0.370 e. The quantitative estimate of drug-likeness (QED) is 0.772. The van der Waals surface area contributed by atoms with E-state index in [1.165, 1.54) is 24.2 Å². The fourth-order valence-corrected chi connectivity index (χ4v) is 3.25. The topological polar surface area (TPSA) is 6.48 Å². The number of anilines is 1. The molecule has 0 N–H and O–H groups in total. The normalized spacial score (nSPS) is 18.2. The molecule has 2 rings (SSSR count). The summed E-state index contributed by atoms with van der Waals surface area (Å²) in [5.74, 6) is 0. The van der Waals surface area contributed by atoms with Gasteiger partial charge in [0.15, 0.2) is 0 Å². The van der Waals surface area contributed by atoms with Crippen molar-refractivity contribution in [3.8, 4) is 0 Å². The van der Waals surface area contributed by atoms with E-state index < -0.39 is 0 Å². The van der Waals surface area contributed by atoms with Gasteiger partial charge in [-0.3, -0.25) is 0 Å². The second-order valence-electron chi connectivity index (χ2n) is 4.52. The van der Waals surface area contributed by atoms with Gasteiger partial charge in [0, 0.05) is 41.2 Å². The zero-order valence-corrected chi connectivity index (χ0v) is 12.5. The van der Waals surface area contributed by atoms with Crippen molar-refractivity contribution in [2.24, 2.45) is 0 Å². The molecule has 0 saturated carbocycles. The summed E-state index contributed by atoms with van der Waals surface area (Å²) in [6, 6.07) is 6.18. The molecule has 0 aliphatic carbocycles. The molecule has 1 aliphatic rings. The van der Waals surface area contributed by atoms with Crippen LogP contribution in [0.25, 0.3) is 0 Å². The van der Waals surface area contributed by atoms with Crippen LogP contribution in [0.2, 0.25) is 5.02 Å². The number of halogens is 2. The third kappa shape index (κ3) is 3.15. The van der Waals surface area contributed by atoms with Crippen molar-refractivity contribution in [2.45, 2.75) is 11.8 Å². The molecule has 0 atom stereocenters. The van der Waals surface area contributed by atoms with Gasteiger partial charge in [0.25, 0.3) is 0 Å². The van der Waals surface area contributed by atoms with Gasteiger partial charge in [-0.1, -0.05) is 33.6 Å². The molecule has 4 heteroatoms. The van der Waals surface area contributed by atoms with E-state index >= 15 is 0 Å². The number of likely N-dealkylation sites (N-methyl/N-ethyl adjacent to an activating group) is 1. The molecule has 1 saturated heterocycles. The second-order valence-corrected chi connectivity index (χ2v) is 5.48. The van der Waals surface area contributed by atoms with Crippen molar-refractivity contribution in [3.63, 3.8) is 0 Å². The highest BCUT2D eigenvalue weighted by Gasteiger charge is 2.16. The summed E-state index contributed by atoms with van der Waals surface area (Å²) in [6.45, 7) is 4.50. The van der Waals surface area contributed by atoms with Crippen molar-refractivity contribution >= 4 is 33.2 Å². The minimum absolute atomic E-state index is 0.814. The first-order valence-corrected chi connectivity index (χ1v) is 7.49. The molecule has 1 heterocycles. The summed E-state index contributed by atoms with van der Waals surface area (Å²) >= 11 is 9.79. The van der Waals surface area contributed by atoms with Crippen LogP contribution in [-0.4, -0.2) is 38.1 Å². The third-order valence-electron chi connectivity index (χ3n) is 3.29. The largest absolute Gasteiger partial charge is 0.370 e.